The van der Waals surface area contributed by atoms with Gasteiger partial charge in [0.2, 0.25) is 0 Å². The largest absolute Gasteiger partial charge is 0.492 e. The second-order valence-electron chi connectivity index (χ2n) is 11.3. The zero-order chi connectivity index (χ0) is 30.5. The predicted octanol–water partition coefficient (Wildman–Crippen LogP) is 6.62. The maximum absolute atomic E-state index is 13.2. The Bertz CT molecular complexity index is 1700. The molecule has 0 amide bonds. The Kier molecular flexibility index (Phi) is 8.65. The van der Waals surface area contributed by atoms with Crippen LogP contribution in [-0.4, -0.2) is 52.7 Å². The van der Waals surface area contributed by atoms with E-state index < -0.39 is 5.79 Å². The number of imidazole rings is 1. The topological polar surface area (TPSA) is 67.1 Å². The Morgan fingerprint density at radius 3 is 1.93 bits per heavy atom. The number of likely N-dealkylation sites (N-methyl/N-ethyl adjacent to an activating group) is 1. The molecule has 8 heteroatoms. The highest BCUT2D eigenvalue weighted by Gasteiger charge is 2.39. The summed E-state index contributed by atoms with van der Waals surface area (Å²) in [5.41, 5.74) is 2.48. The van der Waals surface area contributed by atoms with E-state index >= 15 is 0 Å². The Morgan fingerprint density at radius 2 is 1.32 bits per heavy atom. The Labute approximate surface area is 257 Å². The fourth-order valence-electron chi connectivity index (χ4n) is 5.33. The molecule has 2 heterocycles. The van der Waals surface area contributed by atoms with Crippen molar-refractivity contribution in [2.45, 2.75) is 31.8 Å². The summed E-state index contributed by atoms with van der Waals surface area (Å²) in [5.74, 6) is 1.56. The lowest BCUT2D eigenvalue weighted by molar-refractivity contribution is -0.295. The summed E-state index contributed by atoms with van der Waals surface area (Å²) >= 11 is 0. The van der Waals surface area contributed by atoms with Gasteiger partial charge in [-0.3, -0.25) is 14.0 Å². The number of hydrogen-bond donors (Lipinski definition) is 0. The van der Waals surface area contributed by atoms with E-state index in [9.17, 15) is 4.79 Å². The standard InChI is InChI=1S/C36H37N3O5/c1-36(2)42-26-33(34(44-36)27-10-6-4-7-11-27)37(3)24-25-41-30-18-14-28(15-19-30)38-22-23-39(35(38)40)29-16-20-32(21-17-29)43-31-12-8-5-9-13-31/h4-23,33-34H,24-26H2,1-3H3/t33?,34-/m0/s1. The lowest BCUT2D eigenvalue weighted by Crippen LogP contribution is -2.51. The molecule has 4 aromatic carbocycles. The summed E-state index contributed by atoms with van der Waals surface area (Å²) < 4.78 is 27.5. The summed E-state index contributed by atoms with van der Waals surface area (Å²) in [6.45, 7) is 5.67. The van der Waals surface area contributed by atoms with Crippen molar-refractivity contribution >= 4 is 0 Å². The molecule has 226 valence electrons. The third-order valence-electron chi connectivity index (χ3n) is 7.75. The molecule has 1 fully saturated rings. The first-order chi connectivity index (χ1) is 21.4. The summed E-state index contributed by atoms with van der Waals surface area (Å²) in [6.07, 6.45) is 3.42. The second kappa shape index (κ2) is 12.9. The normalized spacial score (nSPS) is 17.8. The third-order valence-corrected chi connectivity index (χ3v) is 7.75. The quantitative estimate of drug-likeness (QED) is 0.182. The molecule has 0 N–H and O–H groups in total. The molecule has 1 aromatic heterocycles. The molecule has 6 rings (SSSR count). The zero-order valence-electron chi connectivity index (χ0n) is 25.2. The minimum absolute atomic E-state index is 0.0555. The van der Waals surface area contributed by atoms with Crippen molar-refractivity contribution in [2.24, 2.45) is 0 Å². The lowest BCUT2D eigenvalue weighted by Gasteiger charge is -2.44. The van der Waals surface area contributed by atoms with Gasteiger partial charge in [0.15, 0.2) is 5.79 Å². The van der Waals surface area contributed by atoms with Crippen molar-refractivity contribution in [3.63, 3.8) is 0 Å². The van der Waals surface area contributed by atoms with Crippen molar-refractivity contribution in [1.82, 2.24) is 14.0 Å². The van der Waals surface area contributed by atoms with Crippen LogP contribution in [0.4, 0.5) is 0 Å². The summed E-state index contributed by atoms with van der Waals surface area (Å²) in [6, 6.07) is 34.9. The predicted molar refractivity (Wildman–Crippen MR) is 170 cm³/mol. The third kappa shape index (κ3) is 6.78. The Morgan fingerprint density at radius 1 is 0.773 bits per heavy atom. The number of nitrogens with zero attached hydrogens (tertiary/aromatic N) is 3. The first kappa shape index (κ1) is 29.4. The fraction of sp³-hybridized carbons (Fsp3) is 0.250. The molecule has 5 aromatic rings. The molecular weight excluding hydrogens is 554 g/mol. The molecule has 0 aliphatic carbocycles. The van der Waals surface area contributed by atoms with E-state index in [1.165, 1.54) is 0 Å². The first-order valence-corrected chi connectivity index (χ1v) is 14.8. The van der Waals surface area contributed by atoms with Crippen LogP contribution in [0.3, 0.4) is 0 Å². The molecule has 1 unspecified atom stereocenters. The monoisotopic (exact) mass is 591 g/mol. The molecule has 1 aliphatic heterocycles. The number of ether oxygens (including phenoxy) is 4. The van der Waals surface area contributed by atoms with Gasteiger partial charge in [0.05, 0.1) is 24.0 Å². The number of hydrogen-bond acceptors (Lipinski definition) is 6. The van der Waals surface area contributed by atoms with Gasteiger partial charge in [-0.25, -0.2) is 4.79 Å². The van der Waals surface area contributed by atoms with Crippen molar-refractivity contribution in [3.8, 4) is 28.6 Å². The molecule has 8 nitrogen and oxygen atoms in total. The minimum Gasteiger partial charge on any atom is -0.492 e. The number of aromatic nitrogens is 2. The van der Waals surface area contributed by atoms with Gasteiger partial charge in [0.25, 0.3) is 0 Å². The van der Waals surface area contributed by atoms with Gasteiger partial charge in [-0.1, -0.05) is 48.5 Å². The van der Waals surface area contributed by atoms with Crippen LogP contribution in [0.25, 0.3) is 11.4 Å². The van der Waals surface area contributed by atoms with E-state index in [0.29, 0.717) is 25.5 Å². The van der Waals surface area contributed by atoms with Crippen LogP contribution in [0.1, 0.15) is 25.5 Å². The van der Waals surface area contributed by atoms with Crippen LogP contribution in [0.2, 0.25) is 0 Å². The number of benzene rings is 4. The smallest absolute Gasteiger partial charge is 0.337 e. The van der Waals surface area contributed by atoms with Gasteiger partial charge in [-0.15, -0.1) is 0 Å². The van der Waals surface area contributed by atoms with Gasteiger partial charge in [-0.2, -0.15) is 0 Å². The van der Waals surface area contributed by atoms with E-state index in [1.807, 2.05) is 111 Å². The van der Waals surface area contributed by atoms with Crippen LogP contribution >= 0.6 is 0 Å². The molecule has 2 atom stereocenters. The van der Waals surface area contributed by atoms with Crippen molar-refractivity contribution in [2.75, 3.05) is 26.8 Å². The van der Waals surface area contributed by atoms with Gasteiger partial charge >= 0.3 is 5.69 Å². The SMILES string of the molecule is CN(CCOc1ccc(-n2ccn(-c3ccc(Oc4ccccc4)cc3)c2=O)cc1)C1COC(C)(C)O[C@H]1c1ccccc1. The molecule has 1 saturated heterocycles. The van der Waals surface area contributed by atoms with Crippen LogP contribution in [0.5, 0.6) is 17.2 Å². The van der Waals surface area contributed by atoms with Gasteiger partial charge in [0.1, 0.15) is 30.0 Å². The van der Waals surface area contributed by atoms with Crippen LogP contribution < -0.4 is 15.2 Å². The first-order valence-electron chi connectivity index (χ1n) is 14.8. The van der Waals surface area contributed by atoms with Gasteiger partial charge < -0.3 is 18.9 Å². The van der Waals surface area contributed by atoms with E-state index in [2.05, 4.69) is 24.1 Å². The molecule has 0 radical (unpaired) electrons. The Balaban J connectivity index is 1.05. The lowest BCUT2D eigenvalue weighted by atomic mass is 9.99. The zero-order valence-corrected chi connectivity index (χ0v) is 25.2. The van der Waals surface area contributed by atoms with Crippen LogP contribution in [-0.2, 0) is 9.47 Å². The van der Waals surface area contributed by atoms with Crippen LogP contribution in [0, 0.1) is 0 Å². The minimum atomic E-state index is -0.638. The highest BCUT2D eigenvalue weighted by atomic mass is 16.7. The highest BCUT2D eigenvalue weighted by molar-refractivity contribution is 5.41. The molecule has 0 spiro atoms. The average molecular weight is 592 g/mol. The average Bonchev–Trinajstić information content (AvgIpc) is 3.43. The van der Waals surface area contributed by atoms with Crippen molar-refractivity contribution in [3.05, 3.63) is 138 Å². The molecular formula is C36H37N3O5. The van der Waals surface area contributed by atoms with E-state index in [1.54, 1.807) is 21.5 Å². The van der Waals surface area contributed by atoms with E-state index in [0.717, 1.165) is 28.4 Å². The molecule has 44 heavy (non-hydrogen) atoms. The van der Waals surface area contributed by atoms with Gasteiger partial charge in [0, 0.05) is 18.9 Å². The van der Waals surface area contributed by atoms with Crippen molar-refractivity contribution < 1.29 is 18.9 Å². The highest BCUT2D eigenvalue weighted by Crippen LogP contribution is 2.35. The summed E-state index contributed by atoms with van der Waals surface area (Å²) in [4.78, 5) is 15.5. The number of para-hydroxylation sites is 1. The molecule has 0 saturated carbocycles. The summed E-state index contributed by atoms with van der Waals surface area (Å²) in [7, 11) is 2.07. The van der Waals surface area contributed by atoms with E-state index in [-0.39, 0.29) is 17.8 Å². The second-order valence-corrected chi connectivity index (χ2v) is 11.3. The summed E-state index contributed by atoms with van der Waals surface area (Å²) in [5, 5.41) is 0. The maximum Gasteiger partial charge on any atom is 0.337 e. The van der Waals surface area contributed by atoms with Gasteiger partial charge in [-0.05, 0) is 87.1 Å². The van der Waals surface area contributed by atoms with Crippen LogP contribution in [0.15, 0.2) is 126 Å². The molecule has 1 aliphatic rings. The fourth-order valence-corrected chi connectivity index (χ4v) is 5.33. The van der Waals surface area contributed by atoms with Crippen molar-refractivity contribution in [1.29, 1.82) is 0 Å². The Hall–Kier alpha value is -4.63. The van der Waals surface area contributed by atoms with E-state index in [4.69, 9.17) is 18.9 Å². The number of rotatable bonds is 10. The maximum atomic E-state index is 13.2. The molecule has 0 bridgehead atoms.